The molecule has 0 aromatic carbocycles. The Kier molecular flexibility index (Phi) is 3.92. The third kappa shape index (κ3) is 2.64. The molecule has 102 valence electrons. The first-order valence-corrected chi connectivity index (χ1v) is 6.33. The molecule has 3 N–H and O–H groups in total. The number of nitrogens with one attached hydrogen (secondary N) is 1. The third-order valence-corrected chi connectivity index (χ3v) is 3.04. The van der Waals surface area contributed by atoms with Gasteiger partial charge in [-0.15, -0.1) is 0 Å². The van der Waals surface area contributed by atoms with E-state index in [1.165, 1.54) is 0 Å². The molecule has 0 saturated heterocycles. The predicted molar refractivity (Wildman–Crippen MR) is 73.3 cm³/mol. The van der Waals surface area contributed by atoms with Crippen molar-refractivity contribution in [1.29, 1.82) is 0 Å². The summed E-state index contributed by atoms with van der Waals surface area (Å²) in [5, 5.41) is 4.24. The van der Waals surface area contributed by atoms with Gasteiger partial charge in [0.1, 0.15) is 12.4 Å². The molecule has 0 amide bonds. The van der Waals surface area contributed by atoms with Gasteiger partial charge >= 0.3 is 0 Å². The molecule has 0 aliphatic carbocycles. The van der Waals surface area contributed by atoms with Gasteiger partial charge in [-0.25, -0.2) is 15.1 Å². The molecule has 6 heteroatoms. The lowest BCUT2D eigenvalue weighted by Gasteiger charge is -2.19. The number of aryl methyl sites for hydroxylation is 2. The highest BCUT2D eigenvalue weighted by Crippen LogP contribution is 2.22. The minimum Gasteiger partial charge on any atom is -0.270 e. The highest BCUT2D eigenvalue weighted by atomic mass is 15.4. The molecule has 2 aromatic rings. The van der Waals surface area contributed by atoms with Crippen molar-refractivity contribution in [3.05, 3.63) is 41.2 Å². The average Bonchev–Trinajstić information content (AvgIpc) is 2.82. The van der Waals surface area contributed by atoms with Gasteiger partial charge in [0.25, 0.3) is 0 Å². The molecular formula is C13H20N6. The monoisotopic (exact) mass is 260 g/mol. The first-order valence-electron chi connectivity index (χ1n) is 6.33. The van der Waals surface area contributed by atoms with E-state index in [-0.39, 0.29) is 12.1 Å². The summed E-state index contributed by atoms with van der Waals surface area (Å²) in [5.74, 6) is 6.48. The van der Waals surface area contributed by atoms with Crippen LogP contribution in [0.25, 0.3) is 0 Å². The van der Waals surface area contributed by atoms with E-state index in [9.17, 15) is 0 Å². The molecule has 19 heavy (non-hydrogen) atoms. The zero-order valence-corrected chi connectivity index (χ0v) is 11.8. The molecule has 0 saturated carbocycles. The predicted octanol–water partition coefficient (Wildman–Crippen LogP) is 1.42. The van der Waals surface area contributed by atoms with Gasteiger partial charge in [0.15, 0.2) is 5.82 Å². The van der Waals surface area contributed by atoms with Crippen molar-refractivity contribution in [1.82, 2.24) is 25.2 Å². The summed E-state index contributed by atoms with van der Waals surface area (Å²) < 4.78 is 1.85. The lowest BCUT2D eigenvalue weighted by atomic mass is 10.1. The van der Waals surface area contributed by atoms with Crippen LogP contribution in [-0.2, 0) is 0 Å². The molecule has 2 aromatic heterocycles. The minimum absolute atomic E-state index is 0.221. The van der Waals surface area contributed by atoms with Gasteiger partial charge < -0.3 is 0 Å². The molecule has 0 spiro atoms. The van der Waals surface area contributed by atoms with Gasteiger partial charge in [0.05, 0.1) is 5.69 Å². The smallest absolute Gasteiger partial charge is 0.151 e. The summed E-state index contributed by atoms with van der Waals surface area (Å²) in [6.07, 6.45) is 3.38. The highest BCUT2D eigenvalue weighted by molar-refractivity contribution is 5.29. The molecule has 0 aliphatic rings. The Labute approximate surface area is 113 Å². The number of hydrogen-bond donors (Lipinski definition) is 2. The number of aromatic nitrogens is 4. The number of pyridine rings is 1. The summed E-state index contributed by atoms with van der Waals surface area (Å²) in [6, 6.07) is 2.05. The Bertz CT molecular complexity index is 560. The fourth-order valence-electron chi connectivity index (χ4n) is 2.17. The number of hydrazine groups is 1. The Hall–Kier alpha value is -1.79. The zero-order valence-electron chi connectivity index (χ0n) is 11.8. The van der Waals surface area contributed by atoms with Gasteiger partial charge in [0.2, 0.25) is 0 Å². The minimum atomic E-state index is -0.259. The second-order valence-electron chi connectivity index (χ2n) is 4.97. The van der Waals surface area contributed by atoms with Crippen molar-refractivity contribution in [2.24, 2.45) is 5.84 Å². The second-order valence-corrected chi connectivity index (χ2v) is 4.97. The summed E-state index contributed by atoms with van der Waals surface area (Å²) in [6.45, 7) is 8.16. The van der Waals surface area contributed by atoms with Crippen molar-refractivity contribution in [2.45, 2.75) is 39.8 Å². The maximum atomic E-state index is 5.70. The van der Waals surface area contributed by atoms with E-state index in [1.54, 1.807) is 6.33 Å². The van der Waals surface area contributed by atoms with E-state index in [0.29, 0.717) is 0 Å². The van der Waals surface area contributed by atoms with Crippen molar-refractivity contribution in [3.63, 3.8) is 0 Å². The largest absolute Gasteiger partial charge is 0.270 e. The van der Waals surface area contributed by atoms with Crippen LogP contribution in [0.2, 0.25) is 0 Å². The first-order chi connectivity index (χ1) is 9.04. The maximum Gasteiger partial charge on any atom is 0.151 e. The van der Waals surface area contributed by atoms with Crippen molar-refractivity contribution in [3.8, 4) is 0 Å². The Morgan fingerprint density at radius 2 is 2.00 bits per heavy atom. The van der Waals surface area contributed by atoms with Gasteiger partial charge in [0, 0.05) is 12.2 Å². The fraction of sp³-hybridized carbons (Fsp3) is 0.462. The standard InChI is InChI=1S/C13H20N6/c1-8(2)19-13(16-7-17-19)12(18-14)11-10(4)5-9(3)6-15-11/h5-8,12,18H,14H2,1-4H3. The summed E-state index contributed by atoms with van der Waals surface area (Å²) >= 11 is 0. The lowest BCUT2D eigenvalue weighted by Crippen LogP contribution is -2.33. The number of hydrogen-bond acceptors (Lipinski definition) is 5. The number of nitrogens with two attached hydrogens (primary N) is 1. The normalized spacial score (nSPS) is 12.9. The van der Waals surface area contributed by atoms with Crippen molar-refractivity contribution < 1.29 is 0 Å². The summed E-state index contributed by atoms with van der Waals surface area (Å²) in [5.41, 5.74) is 5.88. The van der Waals surface area contributed by atoms with Crippen molar-refractivity contribution >= 4 is 0 Å². The van der Waals surface area contributed by atoms with E-state index in [0.717, 1.165) is 22.6 Å². The van der Waals surface area contributed by atoms with Crippen LogP contribution in [0.4, 0.5) is 0 Å². The van der Waals surface area contributed by atoms with Crippen LogP contribution in [0, 0.1) is 13.8 Å². The third-order valence-electron chi connectivity index (χ3n) is 3.04. The molecule has 2 rings (SSSR count). The van der Waals surface area contributed by atoms with Crippen LogP contribution in [0.15, 0.2) is 18.6 Å². The molecule has 2 heterocycles. The van der Waals surface area contributed by atoms with E-state index in [1.807, 2.05) is 24.7 Å². The van der Waals surface area contributed by atoms with Gasteiger partial charge in [-0.1, -0.05) is 6.07 Å². The number of nitrogens with zero attached hydrogens (tertiary/aromatic N) is 4. The zero-order chi connectivity index (χ0) is 14.0. The van der Waals surface area contributed by atoms with Crippen molar-refractivity contribution in [2.75, 3.05) is 0 Å². The highest BCUT2D eigenvalue weighted by Gasteiger charge is 2.22. The Morgan fingerprint density at radius 3 is 2.58 bits per heavy atom. The molecule has 1 unspecified atom stereocenters. The quantitative estimate of drug-likeness (QED) is 0.642. The van der Waals surface area contributed by atoms with Gasteiger partial charge in [-0.3, -0.25) is 10.8 Å². The van der Waals surface area contributed by atoms with Crippen LogP contribution in [0.1, 0.15) is 48.6 Å². The van der Waals surface area contributed by atoms with E-state index in [2.05, 4.69) is 40.4 Å². The van der Waals surface area contributed by atoms with Crippen LogP contribution < -0.4 is 11.3 Å². The van der Waals surface area contributed by atoms with E-state index >= 15 is 0 Å². The molecule has 0 bridgehead atoms. The van der Waals surface area contributed by atoms with Gasteiger partial charge in [-0.05, 0) is 38.8 Å². The molecule has 1 atom stereocenters. The molecule has 0 fully saturated rings. The van der Waals surface area contributed by atoms with Crippen LogP contribution in [-0.4, -0.2) is 19.7 Å². The second kappa shape index (κ2) is 5.46. The Balaban J connectivity index is 2.47. The lowest BCUT2D eigenvalue weighted by molar-refractivity contribution is 0.464. The average molecular weight is 260 g/mol. The summed E-state index contributed by atoms with van der Waals surface area (Å²) in [4.78, 5) is 8.80. The van der Waals surface area contributed by atoms with Crippen LogP contribution in [0.5, 0.6) is 0 Å². The van der Waals surface area contributed by atoms with Crippen LogP contribution in [0.3, 0.4) is 0 Å². The first kappa shape index (κ1) is 13.6. The molecule has 6 nitrogen and oxygen atoms in total. The SMILES string of the molecule is Cc1cnc(C(NN)c2ncnn2C(C)C)c(C)c1. The maximum absolute atomic E-state index is 5.70. The van der Waals surface area contributed by atoms with Gasteiger partial charge in [-0.2, -0.15) is 5.10 Å². The molecule has 0 radical (unpaired) electrons. The Morgan fingerprint density at radius 1 is 1.26 bits per heavy atom. The fourth-order valence-corrected chi connectivity index (χ4v) is 2.17. The van der Waals surface area contributed by atoms with Crippen LogP contribution >= 0.6 is 0 Å². The topological polar surface area (TPSA) is 81.7 Å². The molecule has 0 aliphatic heterocycles. The summed E-state index contributed by atoms with van der Waals surface area (Å²) in [7, 11) is 0. The number of rotatable bonds is 4. The van der Waals surface area contributed by atoms with E-state index in [4.69, 9.17) is 5.84 Å². The van der Waals surface area contributed by atoms with E-state index < -0.39 is 0 Å². The molecular weight excluding hydrogens is 240 g/mol.